The molecule has 0 aromatic heterocycles. The highest BCUT2D eigenvalue weighted by molar-refractivity contribution is 5.78. The van der Waals surface area contributed by atoms with Crippen LogP contribution in [0.4, 0.5) is 0 Å². The molecule has 1 heterocycles. The second-order valence-electron chi connectivity index (χ2n) is 6.27. The molecule has 0 spiro atoms. The van der Waals surface area contributed by atoms with E-state index in [0.29, 0.717) is 30.6 Å². The molecule has 1 amide bonds. The van der Waals surface area contributed by atoms with Gasteiger partial charge >= 0.3 is 0 Å². The molecule has 6 nitrogen and oxygen atoms in total. The van der Waals surface area contributed by atoms with E-state index in [-0.39, 0.29) is 5.91 Å². The van der Waals surface area contributed by atoms with Gasteiger partial charge < -0.3 is 19.7 Å². The summed E-state index contributed by atoms with van der Waals surface area (Å²) in [5.41, 5.74) is 0.944. The van der Waals surface area contributed by atoms with Gasteiger partial charge in [-0.15, -0.1) is 0 Å². The Labute approximate surface area is 144 Å². The molecular weight excluding hydrogens is 306 g/mol. The van der Waals surface area contributed by atoms with Gasteiger partial charge in [0.15, 0.2) is 11.5 Å². The number of carbonyl (C=O) groups is 1. The Bertz CT molecular complexity index is 550. The van der Waals surface area contributed by atoms with E-state index >= 15 is 0 Å². The minimum atomic E-state index is 0.122. The number of hydrogen-bond donors (Lipinski definition) is 1. The maximum Gasteiger partial charge on any atom is 0.236 e. The molecule has 1 N–H and O–H groups in total. The maximum atomic E-state index is 12.6. The van der Waals surface area contributed by atoms with Crippen LogP contribution in [0.15, 0.2) is 18.2 Å². The second-order valence-corrected chi connectivity index (χ2v) is 6.27. The van der Waals surface area contributed by atoms with Crippen LogP contribution in [-0.2, 0) is 11.3 Å². The molecule has 0 radical (unpaired) electrons. The van der Waals surface area contributed by atoms with Crippen LogP contribution < -0.4 is 14.8 Å². The summed E-state index contributed by atoms with van der Waals surface area (Å²) >= 11 is 0. The van der Waals surface area contributed by atoms with Crippen molar-refractivity contribution in [2.24, 2.45) is 0 Å². The third-order valence-electron chi connectivity index (χ3n) is 4.59. The van der Waals surface area contributed by atoms with Crippen LogP contribution in [0.1, 0.15) is 18.4 Å². The average molecular weight is 335 g/mol. The molecule has 134 valence electrons. The molecule has 0 bridgehead atoms. The van der Waals surface area contributed by atoms with E-state index in [1.165, 1.54) is 6.42 Å². The fourth-order valence-corrected chi connectivity index (χ4v) is 3.17. The first-order valence-electron chi connectivity index (χ1n) is 8.42. The SMILES string of the molecule is CNC1CCCN(CC(=O)N(C)Cc2cccc(OC)c2OC)C1. The number of para-hydroxylation sites is 1. The van der Waals surface area contributed by atoms with Crippen molar-refractivity contribution in [3.8, 4) is 11.5 Å². The molecule has 1 unspecified atom stereocenters. The molecule has 1 saturated heterocycles. The summed E-state index contributed by atoms with van der Waals surface area (Å²) in [6, 6.07) is 6.21. The molecule has 1 atom stereocenters. The molecule has 1 aliphatic heterocycles. The highest BCUT2D eigenvalue weighted by atomic mass is 16.5. The van der Waals surface area contributed by atoms with Crippen molar-refractivity contribution in [2.45, 2.75) is 25.4 Å². The summed E-state index contributed by atoms with van der Waals surface area (Å²) in [5, 5.41) is 3.31. The number of likely N-dealkylation sites (N-methyl/N-ethyl adjacent to an activating group) is 2. The van der Waals surface area contributed by atoms with Crippen molar-refractivity contribution in [1.29, 1.82) is 0 Å². The molecular formula is C18H29N3O3. The van der Waals surface area contributed by atoms with E-state index in [1.54, 1.807) is 19.1 Å². The normalized spacial score (nSPS) is 18.2. The minimum absolute atomic E-state index is 0.122. The van der Waals surface area contributed by atoms with E-state index in [0.717, 1.165) is 25.1 Å². The standard InChI is InChI=1S/C18H29N3O3/c1-19-15-8-6-10-21(12-15)13-17(22)20(2)11-14-7-5-9-16(23-3)18(14)24-4/h5,7,9,15,19H,6,8,10-13H2,1-4H3. The number of benzene rings is 1. The van der Waals surface area contributed by atoms with Gasteiger partial charge in [-0.3, -0.25) is 9.69 Å². The Morgan fingerprint density at radius 2 is 2.17 bits per heavy atom. The lowest BCUT2D eigenvalue weighted by Gasteiger charge is -2.33. The fraction of sp³-hybridized carbons (Fsp3) is 0.611. The number of nitrogens with zero attached hydrogens (tertiary/aromatic N) is 2. The largest absolute Gasteiger partial charge is 0.493 e. The zero-order valence-corrected chi connectivity index (χ0v) is 15.2. The highest BCUT2D eigenvalue weighted by Gasteiger charge is 2.22. The lowest BCUT2D eigenvalue weighted by Crippen LogP contribution is -2.48. The third-order valence-corrected chi connectivity index (χ3v) is 4.59. The zero-order chi connectivity index (χ0) is 17.5. The Kier molecular flexibility index (Phi) is 6.87. The number of methoxy groups -OCH3 is 2. The lowest BCUT2D eigenvalue weighted by molar-refractivity contribution is -0.132. The predicted octanol–water partition coefficient (Wildman–Crippen LogP) is 1.35. The molecule has 0 saturated carbocycles. The molecule has 1 aliphatic rings. The Hall–Kier alpha value is -1.79. The van der Waals surface area contributed by atoms with Crippen LogP contribution in [-0.4, -0.2) is 69.7 Å². The summed E-state index contributed by atoms with van der Waals surface area (Å²) in [7, 11) is 7.05. The van der Waals surface area contributed by atoms with E-state index in [2.05, 4.69) is 10.2 Å². The van der Waals surface area contributed by atoms with Crippen LogP contribution in [0.2, 0.25) is 0 Å². The average Bonchev–Trinajstić information content (AvgIpc) is 2.61. The minimum Gasteiger partial charge on any atom is -0.493 e. The van der Waals surface area contributed by atoms with Gasteiger partial charge in [-0.05, 0) is 32.5 Å². The molecule has 6 heteroatoms. The maximum absolute atomic E-state index is 12.6. The Morgan fingerprint density at radius 1 is 1.38 bits per heavy atom. The first-order chi connectivity index (χ1) is 11.6. The number of rotatable bonds is 7. The summed E-state index contributed by atoms with van der Waals surface area (Å²) in [6.45, 7) is 2.88. The molecule has 24 heavy (non-hydrogen) atoms. The number of carbonyl (C=O) groups excluding carboxylic acids is 1. The van der Waals surface area contributed by atoms with Crippen LogP contribution in [0.25, 0.3) is 0 Å². The first kappa shape index (κ1) is 18.5. The summed E-state index contributed by atoms with van der Waals surface area (Å²) in [4.78, 5) is 16.5. The number of likely N-dealkylation sites (tertiary alicyclic amines) is 1. The summed E-state index contributed by atoms with van der Waals surface area (Å²) in [5.74, 6) is 1.49. The van der Waals surface area contributed by atoms with E-state index in [4.69, 9.17) is 9.47 Å². The van der Waals surface area contributed by atoms with Gasteiger partial charge in [0, 0.05) is 31.7 Å². The van der Waals surface area contributed by atoms with Crippen molar-refractivity contribution < 1.29 is 14.3 Å². The number of piperidine rings is 1. The fourth-order valence-electron chi connectivity index (χ4n) is 3.17. The van der Waals surface area contributed by atoms with Crippen molar-refractivity contribution in [3.05, 3.63) is 23.8 Å². The lowest BCUT2D eigenvalue weighted by atomic mass is 10.1. The van der Waals surface area contributed by atoms with Crippen LogP contribution in [0, 0.1) is 0 Å². The molecule has 1 aromatic rings. The van der Waals surface area contributed by atoms with Gasteiger partial charge in [-0.1, -0.05) is 12.1 Å². The van der Waals surface area contributed by atoms with Gasteiger partial charge in [0.25, 0.3) is 0 Å². The smallest absolute Gasteiger partial charge is 0.236 e. The Balaban J connectivity index is 1.96. The van der Waals surface area contributed by atoms with Crippen molar-refractivity contribution >= 4 is 5.91 Å². The number of nitrogens with one attached hydrogen (secondary N) is 1. The number of amides is 1. The predicted molar refractivity (Wildman–Crippen MR) is 94.5 cm³/mol. The molecule has 0 aliphatic carbocycles. The second kappa shape index (κ2) is 8.89. The number of hydrogen-bond acceptors (Lipinski definition) is 5. The van der Waals surface area contributed by atoms with Crippen LogP contribution in [0.3, 0.4) is 0 Å². The summed E-state index contributed by atoms with van der Waals surface area (Å²) in [6.07, 6.45) is 2.31. The van der Waals surface area contributed by atoms with Crippen LogP contribution >= 0.6 is 0 Å². The molecule has 1 aromatic carbocycles. The number of ether oxygens (including phenoxy) is 2. The zero-order valence-electron chi connectivity index (χ0n) is 15.2. The third kappa shape index (κ3) is 4.61. The van der Waals surface area contributed by atoms with Gasteiger partial charge in [-0.25, -0.2) is 0 Å². The molecule has 2 rings (SSSR count). The van der Waals surface area contributed by atoms with Crippen molar-refractivity contribution in [1.82, 2.24) is 15.1 Å². The first-order valence-corrected chi connectivity index (χ1v) is 8.42. The van der Waals surface area contributed by atoms with Gasteiger partial charge in [-0.2, -0.15) is 0 Å². The van der Waals surface area contributed by atoms with E-state index < -0.39 is 0 Å². The van der Waals surface area contributed by atoms with Crippen molar-refractivity contribution in [2.75, 3.05) is 47.9 Å². The van der Waals surface area contributed by atoms with E-state index in [9.17, 15) is 4.79 Å². The highest BCUT2D eigenvalue weighted by Crippen LogP contribution is 2.31. The van der Waals surface area contributed by atoms with Crippen molar-refractivity contribution in [3.63, 3.8) is 0 Å². The Morgan fingerprint density at radius 3 is 2.83 bits per heavy atom. The van der Waals surface area contributed by atoms with Gasteiger partial charge in [0.2, 0.25) is 5.91 Å². The van der Waals surface area contributed by atoms with Crippen LogP contribution in [0.5, 0.6) is 11.5 Å². The monoisotopic (exact) mass is 335 g/mol. The van der Waals surface area contributed by atoms with Gasteiger partial charge in [0.1, 0.15) is 0 Å². The van der Waals surface area contributed by atoms with E-state index in [1.807, 2.05) is 32.3 Å². The topological polar surface area (TPSA) is 54.0 Å². The summed E-state index contributed by atoms with van der Waals surface area (Å²) < 4.78 is 10.8. The molecule has 1 fully saturated rings. The quantitative estimate of drug-likeness (QED) is 0.815. The van der Waals surface area contributed by atoms with Gasteiger partial charge in [0.05, 0.1) is 20.8 Å².